The van der Waals surface area contributed by atoms with E-state index in [9.17, 15) is 5.11 Å². The van der Waals surface area contributed by atoms with Crippen molar-refractivity contribution in [2.75, 3.05) is 13.2 Å². The lowest BCUT2D eigenvalue weighted by molar-refractivity contribution is 0.301. The molecule has 3 N–H and O–H groups in total. The van der Waals surface area contributed by atoms with Gasteiger partial charge in [-0.3, -0.25) is 0 Å². The molecule has 0 amide bonds. The highest BCUT2D eigenvalue weighted by Gasteiger charge is 2.06. The monoisotopic (exact) mass is 259 g/mol. The Morgan fingerprint density at radius 3 is 2.63 bits per heavy atom. The Morgan fingerprint density at radius 2 is 1.95 bits per heavy atom. The van der Waals surface area contributed by atoms with Gasteiger partial charge in [-0.2, -0.15) is 4.98 Å². The molecule has 0 radical (unpaired) electrons. The van der Waals surface area contributed by atoms with Gasteiger partial charge >= 0.3 is 0 Å². The molecule has 0 aliphatic rings. The van der Waals surface area contributed by atoms with Crippen molar-refractivity contribution in [3.05, 3.63) is 36.0 Å². The van der Waals surface area contributed by atoms with E-state index in [2.05, 4.69) is 9.97 Å². The molecule has 1 aromatic heterocycles. The van der Waals surface area contributed by atoms with Crippen LogP contribution in [0.5, 0.6) is 11.6 Å². The van der Waals surface area contributed by atoms with Crippen molar-refractivity contribution < 1.29 is 9.84 Å². The maximum atomic E-state index is 9.28. The number of ether oxygens (including phenoxy) is 1. The molecule has 0 saturated carbocycles. The smallest absolute Gasteiger partial charge is 0.217 e. The average Bonchev–Trinajstić information content (AvgIpc) is 2.39. The summed E-state index contributed by atoms with van der Waals surface area (Å²) >= 11 is 0. The fraction of sp³-hybridized carbons (Fsp3) is 0.286. The van der Waals surface area contributed by atoms with Gasteiger partial charge in [0, 0.05) is 17.3 Å². The first kappa shape index (κ1) is 13.3. The normalized spacial score (nSPS) is 10.4. The second-order valence-corrected chi connectivity index (χ2v) is 4.21. The first-order valence-electron chi connectivity index (χ1n) is 6.17. The van der Waals surface area contributed by atoms with Crippen molar-refractivity contribution >= 4 is 0 Å². The minimum atomic E-state index is 0.218. The minimum Gasteiger partial charge on any atom is -0.508 e. The summed E-state index contributed by atoms with van der Waals surface area (Å²) in [5.41, 5.74) is 7.09. The molecule has 1 aromatic carbocycles. The minimum absolute atomic E-state index is 0.218. The van der Waals surface area contributed by atoms with Gasteiger partial charge in [0.15, 0.2) is 5.82 Å². The van der Waals surface area contributed by atoms with Gasteiger partial charge in [0.05, 0.1) is 6.61 Å². The number of aromatic hydroxyl groups is 1. The number of aryl methyl sites for hydroxylation is 1. The highest BCUT2D eigenvalue weighted by atomic mass is 16.5. The molecule has 0 fully saturated rings. The fourth-order valence-electron chi connectivity index (χ4n) is 1.61. The summed E-state index contributed by atoms with van der Waals surface area (Å²) in [4.78, 5) is 8.71. The molecule has 0 aliphatic carbocycles. The first-order valence-corrected chi connectivity index (χ1v) is 6.17. The van der Waals surface area contributed by atoms with Crippen LogP contribution in [0.2, 0.25) is 0 Å². The van der Waals surface area contributed by atoms with Crippen molar-refractivity contribution in [3.8, 4) is 23.0 Å². The van der Waals surface area contributed by atoms with E-state index < -0.39 is 0 Å². The summed E-state index contributed by atoms with van der Waals surface area (Å²) < 4.78 is 5.53. The summed E-state index contributed by atoms with van der Waals surface area (Å²) in [6.07, 6.45) is 0.789. The Labute approximate surface area is 112 Å². The average molecular weight is 259 g/mol. The second-order valence-electron chi connectivity index (χ2n) is 4.21. The number of phenolic OH excluding ortho intramolecular Hbond substituents is 1. The van der Waals surface area contributed by atoms with Gasteiger partial charge in [-0.05, 0) is 44.2 Å². The molecule has 5 nitrogen and oxygen atoms in total. The number of aromatic nitrogens is 2. The maximum absolute atomic E-state index is 9.28. The largest absolute Gasteiger partial charge is 0.508 e. The van der Waals surface area contributed by atoms with E-state index in [1.165, 1.54) is 0 Å². The van der Waals surface area contributed by atoms with Crippen LogP contribution in [0.4, 0.5) is 0 Å². The molecule has 100 valence electrons. The molecule has 0 aliphatic heterocycles. The zero-order chi connectivity index (χ0) is 13.7. The van der Waals surface area contributed by atoms with Crippen molar-refractivity contribution in [1.29, 1.82) is 0 Å². The van der Waals surface area contributed by atoms with E-state index >= 15 is 0 Å². The fourth-order valence-corrected chi connectivity index (χ4v) is 1.61. The molecule has 2 rings (SSSR count). The van der Waals surface area contributed by atoms with Crippen LogP contribution in [0.3, 0.4) is 0 Å². The number of rotatable bonds is 5. The molecule has 0 bridgehead atoms. The van der Waals surface area contributed by atoms with Crippen LogP contribution in [0, 0.1) is 6.92 Å². The predicted octanol–water partition coefficient (Wildman–Crippen LogP) is 1.89. The quantitative estimate of drug-likeness (QED) is 0.801. The maximum Gasteiger partial charge on any atom is 0.217 e. The molecule has 19 heavy (non-hydrogen) atoms. The first-order chi connectivity index (χ1) is 9.19. The van der Waals surface area contributed by atoms with Crippen LogP contribution in [0.25, 0.3) is 11.4 Å². The van der Waals surface area contributed by atoms with Crippen LogP contribution >= 0.6 is 0 Å². The molecular weight excluding hydrogens is 242 g/mol. The standard InChI is InChI=1S/C14H17N3O2/c1-10-9-13(19-8-2-7-15)17-14(16-10)11-3-5-12(18)6-4-11/h3-6,9,18H,2,7-8,15H2,1H3. The number of nitrogens with two attached hydrogens (primary N) is 1. The van der Waals surface area contributed by atoms with Crippen LogP contribution < -0.4 is 10.5 Å². The van der Waals surface area contributed by atoms with Gasteiger partial charge in [-0.1, -0.05) is 0 Å². The summed E-state index contributed by atoms with van der Waals surface area (Å²) in [6, 6.07) is 8.55. The lowest BCUT2D eigenvalue weighted by atomic mass is 10.2. The van der Waals surface area contributed by atoms with E-state index in [4.69, 9.17) is 10.5 Å². The van der Waals surface area contributed by atoms with Gasteiger partial charge < -0.3 is 15.6 Å². The SMILES string of the molecule is Cc1cc(OCCCN)nc(-c2ccc(O)cc2)n1. The zero-order valence-electron chi connectivity index (χ0n) is 10.8. The lowest BCUT2D eigenvalue weighted by Crippen LogP contribution is -2.07. The lowest BCUT2D eigenvalue weighted by Gasteiger charge is -2.07. The Hall–Kier alpha value is -2.14. The highest BCUT2D eigenvalue weighted by Crippen LogP contribution is 2.21. The summed E-state index contributed by atoms with van der Waals surface area (Å²) in [5, 5.41) is 9.28. The van der Waals surface area contributed by atoms with Crippen LogP contribution in [-0.2, 0) is 0 Å². The topological polar surface area (TPSA) is 81.3 Å². The van der Waals surface area contributed by atoms with Crippen molar-refractivity contribution in [2.24, 2.45) is 5.73 Å². The Morgan fingerprint density at radius 1 is 1.21 bits per heavy atom. The van der Waals surface area contributed by atoms with Gasteiger partial charge in [0.1, 0.15) is 5.75 Å². The van der Waals surface area contributed by atoms with Gasteiger partial charge in [0.25, 0.3) is 0 Å². The summed E-state index contributed by atoms with van der Waals surface area (Å²) in [7, 11) is 0. The molecule has 0 unspecified atom stereocenters. The van der Waals surface area contributed by atoms with Crippen LogP contribution in [0.1, 0.15) is 12.1 Å². The molecule has 0 saturated heterocycles. The number of benzene rings is 1. The van der Waals surface area contributed by atoms with Crippen molar-refractivity contribution in [1.82, 2.24) is 9.97 Å². The summed E-state index contributed by atoms with van der Waals surface area (Å²) in [5.74, 6) is 1.35. The predicted molar refractivity (Wildman–Crippen MR) is 73.0 cm³/mol. The van der Waals surface area contributed by atoms with E-state index in [-0.39, 0.29) is 5.75 Å². The molecule has 1 heterocycles. The number of hydrogen-bond donors (Lipinski definition) is 2. The van der Waals surface area contributed by atoms with E-state index in [0.29, 0.717) is 24.9 Å². The van der Waals surface area contributed by atoms with Crippen LogP contribution in [-0.4, -0.2) is 28.2 Å². The zero-order valence-corrected chi connectivity index (χ0v) is 10.8. The molecular formula is C14H17N3O2. The Bertz CT molecular complexity index is 541. The Kier molecular flexibility index (Phi) is 4.30. The second kappa shape index (κ2) is 6.15. The third kappa shape index (κ3) is 3.66. The third-order valence-corrected chi connectivity index (χ3v) is 2.55. The van der Waals surface area contributed by atoms with Crippen molar-refractivity contribution in [2.45, 2.75) is 13.3 Å². The number of phenols is 1. The molecule has 2 aromatic rings. The van der Waals surface area contributed by atoms with Gasteiger partial charge in [-0.25, -0.2) is 4.98 Å². The highest BCUT2D eigenvalue weighted by molar-refractivity contribution is 5.56. The molecule has 0 atom stereocenters. The third-order valence-electron chi connectivity index (χ3n) is 2.55. The summed E-state index contributed by atoms with van der Waals surface area (Å²) in [6.45, 7) is 3.03. The Balaban J connectivity index is 2.23. The van der Waals surface area contributed by atoms with Crippen LogP contribution in [0.15, 0.2) is 30.3 Å². The van der Waals surface area contributed by atoms with Crippen molar-refractivity contribution in [3.63, 3.8) is 0 Å². The van der Waals surface area contributed by atoms with E-state index in [1.807, 2.05) is 6.92 Å². The van der Waals surface area contributed by atoms with Gasteiger partial charge in [-0.15, -0.1) is 0 Å². The van der Waals surface area contributed by atoms with E-state index in [0.717, 1.165) is 17.7 Å². The number of nitrogens with zero attached hydrogens (tertiary/aromatic N) is 2. The molecule has 5 heteroatoms. The van der Waals surface area contributed by atoms with Gasteiger partial charge in [0.2, 0.25) is 5.88 Å². The molecule has 0 spiro atoms. The number of hydrogen-bond acceptors (Lipinski definition) is 5. The van der Waals surface area contributed by atoms with E-state index in [1.54, 1.807) is 30.3 Å².